The van der Waals surface area contributed by atoms with E-state index in [0.717, 1.165) is 17.7 Å². The van der Waals surface area contributed by atoms with Crippen LogP contribution >= 0.6 is 0 Å². The summed E-state index contributed by atoms with van der Waals surface area (Å²) in [5.41, 5.74) is 6.13. The maximum Gasteiger partial charge on any atom is 0.416 e. The van der Waals surface area contributed by atoms with E-state index in [1.54, 1.807) is 12.1 Å². The molecule has 2 rings (SSSR count). The van der Waals surface area contributed by atoms with Gasteiger partial charge in [-0.1, -0.05) is 26.0 Å². The van der Waals surface area contributed by atoms with Gasteiger partial charge in [-0.25, -0.2) is 0 Å². The molecule has 2 atom stereocenters. The van der Waals surface area contributed by atoms with Crippen LogP contribution in [0.15, 0.2) is 24.3 Å². The van der Waals surface area contributed by atoms with Crippen LogP contribution in [-0.4, -0.2) is 6.54 Å². The van der Waals surface area contributed by atoms with E-state index in [0.29, 0.717) is 12.5 Å². The molecule has 0 aromatic heterocycles. The fraction of sp³-hybridized carbons (Fsp3) is 0.538. The number of rotatable bonds is 2. The lowest BCUT2D eigenvalue weighted by atomic mass is 10.0. The number of benzene rings is 1. The van der Waals surface area contributed by atoms with E-state index < -0.39 is 11.7 Å². The van der Waals surface area contributed by atoms with Crippen LogP contribution in [-0.2, 0) is 6.18 Å². The molecule has 0 saturated heterocycles. The molecule has 4 heteroatoms. The van der Waals surface area contributed by atoms with Crippen LogP contribution in [0.4, 0.5) is 13.2 Å². The highest BCUT2D eigenvalue weighted by Gasteiger charge is 2.57. The minimum Gasteiger partial charge on any atom is -0.330 e. The van der Waals surface area contributed by atoms with Gasteiger partial charge in [0, 0.05) is 0 Å². The average Bonchev–Trinajstić information content (AvgIpc) is 2.79. The smallest absolute Gasteiger partial charge is 0.330 e. The van der Waals surface area contributed by atoms with Crippen LogP contribution in [0, 0.1) is 11.3 Å². The highest BCUT2D eigenvalue weighted by molar-refractivity contribution is 5.34. The van der Waals surface area contributed by atoms with E-state index >= 15 is 0 Å². The van der Waals surface area contributed by atoms with Gasteiger partial charge in [-0.2, -0.15) is 13.2 Å². The minimum atomic E-state index is -4.26. The van der Waals surface area contributed by atoms with Crippen molar-refractivity contribution in [2.45, 2.75) is 25.9 Å². The van der Waals surface area contributed by atoms with E-state index in [2.05, 4.69) is 13.8 Å². The standard InChI is InChI=1S/C13H16F3N/c1-12(2)10(7-17)11(12)8-3-5-9(6-4-8)13(14,15)16/h3-6,10-11H,7,17H2,1-2H3. The zero-order valence-electron chi connectivity index (χ0n) is 9.88. The summed E-state index contributed by atoms with van der Waals surface area (Å²) in [6.45, 7) is 4.79. The summed E-state index contributed by atoms with van der Waals surface area (Å²) in [5.74, 6) is 0.661. The van der Waals surface area contributed by atoms with Crippen molar-refractivity contribution in [1.29, 1.82) is 0 Å². The molecule has 1 aromatic rings. The number of hydrogen-bond acceptors (Lipinski definition) is 1. The zero-order chi connectivity index (χ0) is 12.8. The number of hydrogen-bond donors (Lipinski definition) is 1. The summed E-state index contributed by atoms with van der Waals surface area (Å²) in [4.78, 5) is 0. The van der Waals surface area contributed by atoms with E-state index in [4.69, 9.17) is 5.73 Å². The highest BCUT2D eigenvalue weighted by Crippen LogP contribution is 2.63. The molecular formula is C13H16F3N. The molecule has 1 nitrogen and oxygen atoms in total. The molecule has 1 aliphatic carbocycles. The van der Waals surface area contributed by atoms with Crippen molar-refractivity contribution < 1.29 is 13.2 Å². The molecule has 1 aromatic carbocycles. The van der Waals surface area contributed by atoms with Gasteiger partial charge in [0.1, 0.15) is 0 Å². The molecule has 2 unspecified atom stereocenters. The number of halogens is 3. The van der Waals surface area contributed by atoms with Gasteiger partial charge >= 0.3 is 6.18 Å². The fourth-order valence-electron chi connectivity index (χ4n) is 2.73. The van der Waals surface area contributed by atoms with Crippen molar-refractivity contribution in [1.82, 2.24) is 0 Å². The van der Waals surface area contributed by atoms with Crippen molar-refractivity contribution in [2.75, 3.05) is 6.54 Å². The first-order valence-corrected chi connectivity index (χ1v) is 5.65. The van der Waals surface area contributed by atoms with Gasteiger partial charge in [-0.3, -0.25) is 0 Å². The Morgan fingerprint density at radius 2 is 1.71 bits per heavy atom. The highest BCUT2D eigenvalue weighted by atomic mass is 19.4. The normalized spacial score (nSPS) is 26.9. The number of alkyl halides is 3. The summed E-state index contributed by atoms with van der Waals surface area (Å²) in [5, 5.41) is 0. The second kappa shape index (κ2) is 3.73. The molecule has 0 amide bonds. The molecule has 1 saturated carbocycles. The Kier molecular flexibility index (Phi) is 2.73. The summed E-state index contributed by atoms with van der Waals surface area (Å²) in [6.07, 6.45) is -4.26. The Bertz CT molecular complexity index is 406. The lowest BCUT2D eigenvalue weighted by Crippen LogP contribution is -2.05. The maximum atomic E-state index is 12.4. The van der Waals surface area contributed by atoms with Crippen LogP contribution in [0.25, 0.3) is 0 Å². The summed E-state index contributed by atoms with van der Waals surface area (Å²) in [7, 11) is 0. The van der Waals surface area contributed by atoms with Gasteiger partial charge in [-0.15, -0.1) is 0 Å². The van der Waals surface area contributed by atoms with Crippen LogP contribution in [0.5, 0.6) is 0 Å². The van der Waals surface area contributed by atoms with Crippen molar-refractivity contribution in [2.24, 2.45) is 17.1 Å². The molecule has 1 fully saturated rings. The molecule has 2 N–H and O–H groups in total. The molecule has 0 bridgehead atoms. The van der Waals surface area contributed by atoms with E-state index in [1.165, 1.54) is 0 Å². The first-order chi connectivity index (χ1) is 7.78. The van der Waals surface area contributed by atoms with Gasteiger partial charge in [-0.05, 0) is 41.5 Å². The third kappa shape index (κ3) is 2.06. The molecule has 0 aliphatic heterocycles. The van der Waals surface area contributed by atoms with Crippen molar-refractivity contribution in [3.63, 3.8) is 0 Å². The molecule has 17 heavy (non-hydrogen) atoms. The summed E-state index contributed by atoms with van der Waals surface area (Å²) < 4.78 is 37.2. The van der Waals surface area contributed by atoms with Gasteiger partial charge in [0.2, 0.25) is 0 Å². The molecular weight excluding hydrogens is 227 g/mol. The molecule has 0 heterocycles. The Labute approximate surface area is 98.8 Å². The van der Waals surface area contributed by atoms with Crippen LogP contribution in [0.2, 0.25) is 0 Å². The minimum absolute atomic E-state index is 0.106. The van der Waals surface area contributed by atoms with Crippen LogP contribution in [0.3, 0.4) is 0 Å². The molecule has 1 aliphatic rings. The van der Waals surface area contributed by atoms with E-state index in [9.17, 15) is 13.2 Å². The second-order valence-electron chi connectivity index (χ2n) is 5.26. The first-order valence-electron chi connectivity index (χ1n) is 5.65. The van der Waals surface area contributed by atoms with Crippen molar-refractivity contribution in [3.05, 3.63) is 35.4 Å². The Morgan fingerprint density at radius 3 is 2.06 bits per heavy atom. The molecule has 94 valence electrons. The van der Waals surface area contributed by atoms with Crippen molar-refractivity contribution >= 4 is 0 Å². The van der Waals surface area contributed by atoms with Gasteiger partial charge in [0.25, 0.3) is 0 Å². The van der Waals surface area contributed by atoms with Crippen LogP contribution in [0.1, 0.15) is 30.9 Å². The second-order valence-corrected chi connectivity index (χ2v) is 5.26. The summed E-state index contributed by atoms with van der Waals surface area (Å²) >= 11 is 0. The van der Waals surface area contributed by atoms with Gasteiger partial charge in [0.15, 0.2) is 0 Å². The number of nitrogens with two attached hydrogens (primary N) is 1. The average molecular weight is 243 g/mol. The van der Waals surface area contributed by atoms with Gasteiger partial charge < -0.3 is 5.73 Å². The van der Waals surface area contributed by atoms with Crippen molar-refractivity contribution in [3.8, 4) is 0 Å². The monoisotopic (exact) mass is 243 g/mol. The van der Waals surface area contributed by atoms with Crippen LogP contribution < -0.4 is 5.73 Å². The molecule has 0 spiro atoms. The zero-order valence-corrected chi connectivity index (χ0v) is 9.88. The van der Waals surface area contributed by atoms with Gasteiger partial charge in [0.05, 0.1) is 5.56 Å². The topological polar surface area (TPSA) is 26.0 Å². The quantitative estimate of drug-likeness (QED) is 0.846. The third-order valence-corrected chi connectivity index (χ3v) is 3.90. The molecule has 0 radical (unpaired) electrons. The predicted octanol–water partition coefficient (Wildman–Crippen LogP) is 3.40. The van der Waals surface area contributed by atoms with E-state index in [-0.39, 0.29) is 11.3 Å². The third-order valence-electron chi connectivity index (χ3n) is 3.90. The maximum absolute atomic E-state index is 12.4. The SMILES string of the molecule is CC1(C)C(CN)C1c1ccc(C(F)(F)F)cc1. The fourth-order valence-corrected chi connectivity index (χ4v) is 2.73. The summed E-state index contributed by atoms with van der Waals surface area (Å²) in [6, 6.07) is 5.45. The lowest BCUT2D eigenvalue weighted by Gasteiger charge is -2.08. The Morgan fingerprint density at radius 1 is 1.18 bits per heavy atom. The Balaban J connectivity index is 2.21. The lowest BCUT2D eigenvalue weighted by molar-refractivity contribution is -0.137. The first kappa shape index (κ1) is 12.4. The predicted molar refractivity (Wildman–Crippen MR) is 60.5 cm³/mol. The Hall–Kier alpha value is -1.03. The largest absolute Gasteiger partial charge is 0.416 e. The van der Waals surface area contributed by atoms with E-state index in [1.807, 2.05) is 0 Å².